The van der Waals surface area contributed by atoms with Gasteiger partial charge in [0.25, 0.3) is 0 Å². The van der Waals surface area contributed by atoms with Crippen molar-refractivity contribution in [3.8, 4) is 11.3 Å². The highest BCUT2D eigenvalue weighted by Gasteiger charge is 2.20. The van der Waals surface area contributed by atoms with Crippen LogP contribution in [-0.2, 0) is 11.3 Å². The lowest BCUT2D eigenvalue weighted by molar-refractivity contribution is -0.140. The van der Waals surface area contributed by atoms with Gasteiger partial charge in [-0.3, -0.25) is 10.1 Å². The van der Waals surface area contributed by atoms with Gasteiger partial charge in [0, 0.05) is 10.6 Å². The number of carboxylic acid groups (broad SMARTS) is 1. The third-order valence-electron chi connectivity index (χ3n) is 3.20. The van der Waals surface area contributed by atoms with Crippen LogP contribution in [0, 0.1) is 5.92 Å². The number of aliphatic carboxylic acids is 1. The van der Waals surface area contributed by atoms with Gasteiger partial charge in [-0.05, 0) is 30.2 Å². The number of benzene rings is 1. The summed E-state index contributed by atoms with van der Waals surface area (Å²) in [6, 6.07) is 10.5. The monoisotopic (exact) mass is 307 g/mol. The van der Waals surface area contributed by atoms with Crippen LogP contribution < -0.4 is 5.32 Å². The molecule has 112 valence electrons. The van der Waals surface area contributed by atoms with Gasteiger partial charge >= 0.3 is 5.97 Å². The van der Waals surface area contributed by atoms with Gasteiger partial charge in [0.1, 0.15) is 17.6 Å². The number of rotatable bonds is 6. The minimum atomic E-state index is -0.855. The Morgan fingerprint density at radius 1 is 1.33 bits per heavy atom. The van der Waals surface area contributed by atoms with Crippen molar-refractivity contribution in [3.63, 3.8) is 0 Å². The highest BCUT2D eigenvalue weighted by molar-refractivity contribution is 6.30. The number of furan rings is 1. The fourth-order valence-electron chi connectivity index (χ4n) is 2.09. The van der Waals surface area contributed by atoms with E-state index in [9.17, 15) is 4.79 Å². The molecule has 1 atom stereocenters. The van der Waals surface area contributed by atoms with Gasteiger partial charge in [-0.15, -0.1) is 0 Å². The van der Waals surface area contributed by atoms with Crippen molar-refractivity contribution in [1.29, 1.82) is 0 Å². The molecule has 1 aromatic carbocycles. The molecule has 21 heavy (non-hydrogen) atoms. The summed E-state index contributed by atoms with van der Waals surface area (Å²) < 4.78 is 5.72. The Balaban J connectivity index is 2.05. The molecule has 0 aliphatic rings. The maximum absolute atomic E-state index is 11.1. The highest BCUT2D eigenvalue weighted by Crippen LogP contribution is 2.24. The van der Waals surface area contributed by atoms with Gasteiger partial charge in [0.15, 0.2) is 0 Å². The van der Waals surface area contributed by atoms with E-state index >= 15 is 0 Å². The molecule has 1 aromatic heterocycles. The summed E-state index contributed by atoms with van der Waals surface area (Å²) in [5, 5.41) is 12.8. The van der Waals surface area contributed by atoms with E-state index in [0.717, 1.165) is 5.56 Å². The van der Waals surface area contributed by atoms with Gasteiger partial charge in [0.2, 0.25) is 0 Å². The van der Waals surface area contributed by atoms with Crippen LogP contribution in [-0.4, -0.2) is 17.1 Å². The molecular weight excluding hydrogens is 290 g/mol. The van der Waals surface area contributed by atoms with E-state index in [4.69, 9.17) is 21.1 Å². The zero-order valence-corrected chi connectivity index (χ0v) is 12.7. The smallest absolute Gasteiger partial charge is 0.320 e. The van der Waals surface area contributed by atoms with Crippen molar-refractivity contribution in [2.75, 3.05) is 0 Å². The van der Waals surface area contributed by atoms with E-state index in [0.29, 0.717) is 23.1 Å². The van der Waals surface area contributed by atoms with Crippen LogP contribution in [0.25, 0.3) is 11.3 Å². The molecule has 0 spiro atoms. The lowest BCUT2D eigenvalue weighted by atomic mass is 10.1. The van der Waals surface area contributed by atoms with Gasteiger partial charge < -0.3 is 9.52 Å². The number of hydrogen-bond donors (Lipinski definition) is 2. The minimum absolute atomic E-state index is 0.00450. The first-order chi connectivity index (χ1) is 9.97. The molecule has 0 radical (unpaired) electrons. The normalized spacial score (nSPS) is 12.6. The molecule has 5 heteroatoms. The average molecular weight is 308 g/mol. The summed E-state index contributed by atoms with van der Waals surface area (Å²) in [4.78, 5) is 11.1. The number of carboxylic acids is 1. The number of halogens is 1. The van der Waals surface area contributed by atoms with Crippen molar-refractivity contribution in [3.05, 3.63) is 47.2 Å². The van der Waals surface area contributed by atoms with Crippen molar-refractivity contribution in [2.24, 2.45) is 5.92 Å². The van der Waals surface area contributed by atoms with Gasteiger partial charge in [-0.25, -0.2) is 0 Å². The van der Waals surface area contributed by atoms with Crippen LogP contribution in [0.3, 0.4) is 0 Å². The molecule has 0 amide bonds. The molecule has 2 rings (SSSR count). The molecule has 2 N–H and O–H groups in total. The number of hydrogen-bond acceptors (Lipinski definition) is 3. The molecular formula is C16H18ClNO3. The van der Waals surface area contributed by atoms with Crippen LogP contribution in [0.15, 0.2) is 40.8 Å². The maximum Gasteiger partial charge on any atom is 0.320 e. The van der Waals surface area contributed by atoms with Crippen LogP contribution in [0.1, 0.15) is 19.6 Å². The van der Waals surface area contributed by atoms with Crippen LogP contribution in [0.2, 0.25) is 5.02 Å². The molecule has 0 aliphatic heterocycles. The Labute approximate surface area is 128 Å². The van der Waals surface area contributed by atoms with Crippen molar-refractivity contribution < 1.29 is 14.3 Å². The Morgan fingerprint density at radius 3 is 2.71 bits per heavy atom. The first-order valence-electron chi connectivity index (χ1n) is 6.78. The summed E-state index contributed by atoms with van der Waals surface area (Å²) >= 11 is 5.95. The second-order valence-electron chi connectivity index (χ2n) is 5.22. The predicted molar refractivity (Wildman–Crippen MR) is 82.3 cm³/mol. The van der Waals surface area contributed by atoms with E-state index < -0.39 is 12.0 Å². The fourth-order valence-corrected chi connectivity index (χ4v) is 2.28. The SMILES string of the molecule is CC(C)C(NCc1ccc(-c2cccc(Cl)c2)o1)C(=O)O. The third-order valence-corrected chi connectivity index (χ3v) is 3.43. The second kappa shape index (κ2) is 6.78. The van der Waals surface area contributed by atoms with Crippen molar-refractivity contribution in [1.82, 2.24) is 5.32 Å². The summed E-state index contributed by atoms with van der Waals surface area (Å²) in [5.74, 6) is 0.555. The average Bonchev–Trinajstić information content (AvgIpc) is 2.87. The topological polar surface area (TPSA) is 62.5 Å². The summed E-state index contributed by atoms with van der Waals surface area (Å²) in [7, 11) is 0. The zero-order valence-electron chi connectivity index (χ0n) is 12.0. The summed E-state index contributed by atoms with van der Waals surface area (Å²) in [6.07, 6.45) is 0. The summed E-state index contributed by atoms with van der Waals surface area (Å²) in [5.41, 5.74) is 0.896. The van der Waals surface area contributed by atoms with E-state index in [2.05, 4.69) is 5.32 Å². The Bertz CT molecular complexity index is 621. The Kier molecular flexibility index (Phi) is 5.04. The molecule has 0 aliphatic carbocycles. The molecule has 4 nitrogen and oxygen atoms in total. The van der Waals surface area contributed by atoms with Gasteiger partial charge in [0.05, 0.1) is 6.54 Å². The van der Waals surface area contributed by atoms with E-state index in [1.807, 2.05) is 44.2 Å². The molecule has 1 heterocycles. The van der Waals surface area contributed by atoms with Gasteiger partial charge in [-0.2, -0.15) is 0 Å². The maximum atomic E-state index is 11.1. The number of carbonyl (C=O) groups is 1. The second-order valence-corrected chi connectivity index (χ2v) is 5.65. The molecule has 2 aromatic rings. The Morgan fingerprint density at radius 2 is 2.10 bits per heavy atom. The van der Waals surface area contributed by atoms with Crippen LogP contribution in [0.5, 0.6) is 0 Å². The van der Waals surface area contributed by atoms with E-state index in [-0.39, 0.29) is 5.92 Å². The van der Waals surface area contributed by atoms with E-state index in [1.165, 1.54) is 0 Å². The predicted octanol–water partition coefficient (Wildman–Crippen LogP) is 3.80. The largest absolute Gasteiger partial charge is 0.480 e. The van der Waals surface area contributed by atoms with Crippen LogP contribution >= 0.6 is 11.6 Å². The molecule has 0 saturated heterocycles. The van der Waals surface area contributed by atoms with Crippen LogP contribution in [0.4, 0.5) is 0 Å². The first kappa shape index (κ1) is 15.6. The lowest BCUT2D eigenvalue weighted by Crippen LogP contribution is -2.40. The zero-order chi connectivity index (χ0) is 15.4. The number of nitrogens with one attached hydrogen (secondary N) is 1. The van der Waals surface area contributed by atoms with Crippen molar-refractivity contribution >= 4 is 17.6 Å². The molecule has 1 unspecified atom stereocenters. The molecule has 0 fully saturated rings. The summed E-state index contributed by atoms with van der Waals surface area (Å²) in [6.45, 7) is 4.10. The van der Waals surface area contributed by atoms with Crippen molar-refractivity contribution in [2.45, 2.75) is 26.4 Å². The minimum Gasteiger partial charge on any atom is -0.480 e. The standard InChI is InChI=1S/C16H18ClNO3/c1-10(2)15(16(19)20)18-9-13-6-7-14(21-13)11-4-3-5-12(17)8-11/h3-8,10,15,18H,9H2,1-2H3,(H,19,20). The third kappa shape index (κ3) is 4.09. The lowest BCUT2D eigenvalue weighted by Gasteiger charge is -2.16. The molecule has 0 saturated carbocycles. The molecule has 0 bridgehead atoms. The highest BCUT2D eigenvalue weighted by atomic mass is 35.5. The first-order valence-corrected chi connectivity index (χ1v) is 7.16. The van der Waals surface area contributed by atoms with Gasteiger partial charge in [-0.1, -0.05) is 37.6 Å². The van der Waals surface area contributed by atoms with E-state index in [1.54, 1.807) is 6.07 Å². The Hall–Kier alpha value is -1.78. The fraction of sp³-hybridized carbons (Fsp3) is 0.312. The quantitative estimate of drug-likeness (QED) is 0.852.